The van der Waals surface area contributed by atoms with Gasteiger partial charge in [-0.1, -0.05) is 42.3 Å². The highest BCUT2D eigenvalue weighted by Crippen LogP contribution is 2.31. The molecular weight excluding hydrogens is 446 g/mol. The average Bonchev–Trinajstić information content (AvgIpc) is 3.29. The van der Waals surface area contributed by atoms with Crippen molar-refractivity contribution in [3.8, 4) is 11.3 Å². The van der Waals surface area contributed by atoms with Crippen molar-refractivity contribution in [3.05, 3.63) is 77.3 Å². The van der Waals surface area contributed by atoms with Crippen molar-refractivity contribution in [3.63, 3.8) is 0 Å². The summed E-state index contributed by atoms with van der Waals surface area (Å²) in [5, 5.41) is 15.7. The minimum atomic E-state index is -0.0510. The van der Waals surface area contributed by atoms with Gasteiger partial charge in [-0.15, -0.1) is 0 Å². The van der Waals surface area contributed by atoms with Crippen LogP contribution < -0.4 is 10.6 Å². The summed E-state index contributed by atoms with van der Waals surface area (Å²) in [4.78, 5) is 15.2. The Kier molecular flexibility index (Phi) is 6.79. The Labute approximate surface area is 204 Å². The molecule has 34 heavy (non-hydrogen) atoms. The number of amides is 1. The Balaban J connectivity index is 1.29. The third-order valence-electron chi connectivity index (χ3n) is 6.28. The van der Waals surface area contributed by atoms with Crippen molar-refractivity contribution in [2.45, 2.75) is 19.3 Å². The van der Waals surface area contributed by atoms with Crippen LogP contribution >= 0.6 is 11.6 Å². The summed E-state index contributed by atoms with van der Waals surface area (Å²) < 4.78 is 0. The maximum atomic E-state index is 12.7. The molecule has 0 unspecified atom stereocenters. The van der Waals surface area contributed by atoms with Gasteiger partial charge >= 0.3 is 0 Å². The number of halogens is 1. The van der Waals surface area contributed by atoms with Crippen LogP contribution in [0.1, 0.15) is 29.6 Å². The van der Waals surface area contributed by atoms with Crippen LogP contribution in [0.3, 0.4) is 0 Å². The van der Waals surface area contributed by atoms with Gasteiger partial charge in [0.2, 0.25) is 0 Å². The van der Waals surface area contributed by atoms with Gasteiger partial charge in [0.05, 0.1) is 21.9 Å². The number of carbonyl (C=O) groups is 1. The molecule has 1 fully saturated rings. The lowest BCUT2D eigenvalue weighted by atomic mass is 10.0. The lowest BCUT2D eigenvalue weighted by Crippen LogP contribution is -2.37. The first-order chi connectivity index (χ1) is 16.7. The van der Waals surface area contributed by atoms with Crippen LogP contribution in [0.2, 0.25) is 5.02 Å². The molecule has 1 aliphatic heterocycles. The number of hydrogen-bond donors (Lipinski definition) is 3. The Morgan fingerprint density at radius 3 is 2.71 bits per heavy atom. The van der Waals surface area contributed by atoms with E-state index in [0.717, 1.165) is 53.2 Å². The normalized spacial score (nSPS) is 14.3. The molecule has 4 aromatic rings. The summed E-state index contributed by atoms with van der Waals surface area (Å²) in [5.74, 6) is -0.0510. The number of piperidine rings is 1. The molecule has 3 N–H and O–H groups in total. The molecule has 174 valence electrons. The van der Waals surface area contributed by atoms with Gasteiger partial charge < -0.3 is 15.5 Å². The zero-order valence-electron chi connectivity index (χ0n) is 19.0. The molecule has 7 heteroatoms. The topological polar surface area (TPSA) is 73.0 Å². The highest BCUT2D eigenvalue weighted by molar-refractivity contribution is 6.33. The zero-order valence-corrected chi connectivity index (χ0v) is 19.7. The SMILES string of the molecule is O=C(NCCN1CCCCC1)c1cccc(-c2n[nH]c3cc(Nc4ccccc4Cl)ccc23)c1. The van der Waals surface area contributed by atoms with Gasteiger partial charge in [-0.3, -0.25) is 9.89 Å². The van der Waals surface area contributed by atoms with E-state index in [9.17, 15) is 4.79 Å². The molecule has 1 aromatic heterocycles. The van der Waals surface area contributed by atoms with Gasteiger partial charge in [0.15, 0.2) is 0 Å². The van der Waals surface area contributed by atoms with Crippen LogP contribution in [0, 0.1) is 0 Å². The van der Waals surface area contributed by atoms with Crippen molar-refractivity contribution in [2.24, 2.45) is 0 Å². The number of H-pyrrole nitrogens is 1. The molecule has 1 saturated heterocycles. The van der Waals surface area contributed by atoms with E-state index in [4.69, 9.17) is 11.6 Å². The minimum absolute atomic E-state index is 0.0510. The lowest BCUT2D eigenvalue weighted by Gasteiger charge is -2.26. The quantitative estimate of drug-likeness (QED) is 0.315. The van der Waals surface area contributed by atoms with Crippen molar-refractivity contribution in [1.82, 2.24) is 20.4 Å². The van der Waals surface area contributed by atoms with E-state index in [1.165, 1.54) is 19.3 Å². The molecule has 3 aromatic carbocycles. The Morgan fingerprint density at radius 2 is 1.85 bits per heavy atom. The molecule has 1 amide bonds. The van der Waals surface area contributed by atoms with Crippen LogP contribution in [0.25, 0.3) is 22.2 Å². The van der Waals surface area contributed by atoms with Crippen LogP contribution in [-0.2, 0) is 0 Å². The maximum absolute atomic E-state index is 12.7. The zero-order chi connectivity index (χ0) is 23.3. The Bertz CT molecular complexity index is 1300. The number of rotatable bonds is 7. The number of nitrogens with one attached hydrogen (secondary N) is 3. The third-order valence-corrected chi connectivity index (χ3v) is 6.61. The molecule has 0 radical (unpaired) electrons. The first kappa shape index (κ1) is 22.4. The van der Waals surface area contributed by atoms with E-state index in [2.05, 4.69) is 25.7 Å². The van der Waals surface area contributed by atoms with Gasteiger partial charge in [-0.2, -0.15) is 5.10 Å². The maximum Gasteiger partial charge on any atom is 0.251 e. The van der Waals surface area contributed by atoms with Crippen molar-refractivity contribution >= 4 is 39.8 Å². The van der Waals surface area contributed by atoms with Crippen LogP contribution in [0.4, 0.5) is 11.4 Å². The van der Waals surface area contributed by atoms with E-state index < -0.39 is 0 Å². The van der Waals surface area contributed by atoms with E-state index in [-0.39, 0.29) is 5.91 Å². The summed E-state index contributed by atoms with van der Waals surface area (Å²) in [6, 6.07) is 21.3. The van der Waals surface area contributed by atoms with E-state index >= 15 is 0 Å². The molecule has 0 atom stereocenters. The highest BCUT2D eigenvalue weighted by Gasteiger charge is 2.14. The second kappa shape index (κ2) is 10.3. The first-order valence-corrected chi connectivity index (χ1v) is 12.2. The summed E-state index contributed by atoms with van der Waals surface area (Å²) in [6.07, 6.45) is 3.83. The average molecular weight is 474 g/mol. The van der Waals surface area contributed by atoms with Crippen molar-refractivity contribution in [2.75, 3.05) is 31.5 Å². The summed E-state index contributed by atoms with van der Waals surface area (Å²) in [7, 11) is 0. The molecule has 5 rings (SSSR count). The molecule has 6 nitrogen and oxygen atoms in total. The van der Waals surface area contributed by atoms with Gasteiger partial charge in [0, 0.05) is 35.3 Å². The number of para-hydroxylation sites is 1. The van der Waals surface area contributed by atoms with E-state index in [1.54, 1.807) is 0 Å². The van der Waals surface area contributed by atoms with Crippen LogP contribution in [0.15, 0.2) is 66.7 Å². The van der Waals surface area contributed by atoms with E-state index in [1.807, 2.05) is 66.7 Å². The third kappa shape index (κ3) is 5.08. The number of hydrogen-bond acceptors (Lipinski definition) is 4. The monoisotopic (exact) mass is 473 g/mol. The van der Waals surface area contributed by atoms with Crippen LogP contribution in [-0.4, -0.2) is 47.2 Å². The first-order valence-electron chi connectivity index (χ1n) is 11.8. The number of aromatic amines is 1. The fourth-order valence-electron chi connectivity index (χ4n) is 4.46. The predicted octanol–water partition coefficient (Wildman–Crippen LogP) is 5.84. The van der Waals surface area contributed by atoms with Crippen LogP contribution in [0.5, 0.6) is 0 Å². The summed E-state index contributed by atoms with van der Waals surface area (Å²) in [6.45, 7) is 3.83. The summed E-state index contributed by atoms with van der Waals surface area (Å²) >= 11 is 6.27. The molecule has 0 aliphatic carbocycles. The number of carbonyl (C=O) groups excluding carboxylic acids is 1. The minimum Gasteiger partial charge on any atom is -0.354 e. The fraction of sp³-hybridized carbons (Fsp3) is 0.259. The van der Waals surface area contributed by atoms with E-state index in [0.29, 0.717) is 17.1 Å². The predicted molar refractivity (Wildman–Crippen MR) is 139 cm³/mol. The number of benzene rings is 3. The number of fused-ring (bicyclic) bond motifs is 1. The number of nitrogens with zero attached hydrogens (tertiary/aromatic N) is 2. The van der Waals surface area contributed by atoms with Crippen molar-refractivity contribution in [1.29, 1.82) is 0 Å². The molecule has 1 aliphatic rings. The van der Waals surface area contributed by atoms with Gasteiger partial charge in [0.1, 0.15) is 0 Å². The van der Waals surface area contributed by atoms with Crippen molar-refractivity contribution < 1.29 is 4.79 Å². The molecule has 0 saturated carbocycles. The smallest absolute Gasteiger partial charge is 0.251 e. The fourth-order valence-corrected chi connectivity index (χ4v) is 4.64. The van der Waals surface area contributed by atoms with Gasteiger partial charge in [0.25, 0.3) is 5.91 Å². The Hall–Kier alpha value is -3.35. The lowest BCUT2D eigenvalue weighted by molar-refractivity contribution is 0.0946. The number of aromatic nitrogens is 2. The number of likely N-dealkylation sites (tertiary alicyclic amines) is 1. The molecule has 0 spiro atoms. The highest BCUT2D eigenvalue weighted by atomic mass is 35.5. The Morgan fingerprint density at radius 1 is 1.00 bits per heavy atom. The van der Waals surface area contributed by atoms with Gasteiger partial charge in [-0.25, -0.2) is 0 Å². The second-order valence-electron chi connectivity index (χ2n) is 8.68. The second-order valence-corrected chi connectivity index (χ2v) is 9.08. The largest absolute Gasteiger partial charge is 0.354 e. The molecular formula is C27H28ClN5O. The summed E-state index contributed by atoms with van der Waals surface area (Å²) in [5.41, 5.74) is 5.04. The molecule has 2 heterocycles. The molecule has 0 bridgehead atoms. The number of anilines is 2. The standard InChI is InChI=1S/C27H28ClN5O/c28-23-9-2-3-10-24(23)30-21-11-12-22-25(18-21)31-32-26(22)19-7-6-8-20(17-19)27(34)29-13-16-33-14-4-1-5-15-33/h2-3,6-12,17-18,30H,1,4-5,13-16H2,(H,29,34)(H,31,32). The van der Waals surface area contributed by atoms with Gasteiger partial charge in [-0.05, 0) is 68.4 Å².